The Morgan fingerprint density at radius 2 is 2.05 bits per heavy atom. The molecule has 5 heteroatoms. The monoisotopic (exact) mass is 320 g/mol. The quantitative estimate of drug-likeness (QED) is 0.927. The summed E-state index contributed by atoms with van der Waals surface area (Å²) in [6.07, 6.45) is 4.06. The molecule has 0 radical (unpaired) electrons. The van der Waals surface area contributed by atoms with Crippen LogP contribution in [0.1, 0.15) is 43.6 Å². The molecule has 1 saturated carbocycles. The van der Waals surface area contributed by atoms with Gasteiger partial charge in [0.1, 0.15) is 0 Å². The molecule has 118 valence electrons. The third-order valence-corrected chi connectivity index (χ3v) is 5.10. The van der Waals surface area contributed by atoms with Crippen molar-refractivity contribution in [3.63, 3.8) is 0 Å². The summed E-state index contributed by atoms with van der Waals surface area (Å²) < 4.78 is 0. The first kappa shape index (κ1) is 15.3. The maximum absolute atomic E-state index is 12.8. The minimum atomic E-state index is -0.330. The molecular weight excluding hydrogens is 300 g/mol. The lowest BCUT2D eigenvalue weighted by atomic mass is 9.98. The van der Waals surface area contributed by atoms with Gasteiger partial charge >= 0.3 is 0 Å². The highest BCUT2D eigenvalue weighted by Crippen LogP contribution is 2.50. The summed E-state index contributed by atoms with van der Waals surface area (Å²) in [6.45, 7) is 0.739. The Labute approximate surface area is 135 Å². The van der Waals surface area contributed by atoms with Gasteiger partial charge in [-0.1, -0.05) is 29.8 Å². The Morgan fingerprint density at radius 1 is 1.27 bits per heavy atom. The van der Waals surface area contributed by atoms with Crippen LogP contribution in [0.25, 0.3) is 0 Å². The zero-order valence-electron chi connectivity index (χ0n) is 12.5. The van der Waals surface area contributed by atoms with Crippen molar-refractivity contribution in [2.24, 2.45) is 11.7 Å². The molecule has 3 atom stereocenters. The molecule has 0 spiro atoms. The van der Waals surface area contributed by atoms with E-state index in [9.17, 15) is 9.59 Å². The molecule has 2 N–H and O–H groups in total. The number of nitrogens with zero attached hydrogens (tertiary/aromatic N) is 1. The summed E-state index contributed by atoms with van der Waals surface area (Å²) in [5.41, 5.74) is 6.38. The van der Waals surface area contributed by atoms with Crippen LogP contribution < -0.4 is 5.73 Å². The van der Waals surface area contributed by atoms with E-state index < -0.39 is 0 Å². The van der Waals surface area contributed by atoms with Gasteiger partial charge in [0.15, 0.2) is 0 Å². The zero-order valence-corrected chi connectivity index (χ0v) is 13.3. The normalized spacial score (nSPS) is 27.5. The molecule has 1 heterocycles. The first-order valence-electron chi connectivity index (χ1n) is 7.91. The Bertz CT molecular complexity index is 590. The van der Waals surface area contributed by atoms with Gasteiger partial charge in [-0.3, -0.25) is 9.59 Å². The van der Waals surface area contributed by atoms with Crippen molar-refractivity contribution in [2.45, 2.75) is 44.1 Å². The maximum Gasteiger partial charge on any atom is 0.226 e. The summed E-state index contributed by atoms with van der Waals surface area (Å²) in [5, 5.41) is 0.732. The fraction of sp³-hybridized carbons (Fsp3) is 0.529. The first-order valence-corrected chi connectivity index (χ1v) is 8.29. The molecule has 1 aromatic rings. The summed E-state index contributed by atoms with van der Waals surface area (Å²) in [5.74, 6) is 0.0600. The van der Waals surface area contributed by atoms with Gasteiger partial charge in [0.2, 0.25) is 11.8 Å². The predicted octanol–water partition coefficient (Wildman–Crippen LogP) is 2.70. The standard InChI is InChI=1S/C17H21ClN2O2/c18-15-7-2-1-6-12(15)13-10-14(13)17(22)20-8-4-3-5-11(20)9-16(19)21/h1-2,6-7,11,13-14H,3-5,8-10H2,(H2,19,21)/t11-,13-,14-/m0/s1. The molecule has 1 saturated heterocycles. The summed E-state index contributed by atoms with van der Waals surface area (Å²) >= 11 is 6.23. The van der Waals surface area contributed by atoms with E-state index in [1.54, 1.807) is 0 Å². The van der Waals surface area contributed by atoms with Crippen LogP contribution in [0.3, 0.4) is 0 Å². The Kier molecular flexibility index (Phi) is 4.39. The van der Waals surface area contributed by atoms with Gasteiger partial charge < -0.3 is 10.6 Å². The van der Waals surface area contributed by atoms with Gasteiger partial charge in [0.05, 0.1) is 0 Å². The second kappa shape index (κ2) is 6.29. The highest BCUT2D eigenvalue weighted by atomic mass is 35.5. The van der Waals surface area contributed by atoms with Crippen LogP contribution in [0.5, 0.6) is 0 Å². The second-order valence-electron chi connectivity index (χ2n) is 6.32. The molecule has 4 nitrogen and oxygen atoms in total. The van der Waals surface area contributed by atoms with Crippen molar-refractivity contribution in [3.8, 4) is 0 Å². The molecule has 3 rings (SSSR count). The summed E-state index contributed by atoms with van der Waals surface area (Å²) in [4.78, 5) is 25.9. The lowest BCUT2D eigenvalue weighted by molar-refractivity contribution is -0.137. The van der Waals surface area contributed by atoms with Crippen LogP contribution in [0.4, 0.5) is 0 Å². The number of piperidine rings is 1. The van der Waals surface area contributed by atoms with Crippen molar-refractivity contribution in [2.75, 3.05) is 6.54 Å². The largest absolute Gasteiger partial charge is 0.370 e. The number of amides is 2. The van der Waals surface area contributed by atoms with E-state index in [1.807, 2.05) is 29.2 Å². The molecule has 0 aromatic heterocycles. The van der Waals surface area contributed by atoms with Crippen LogP contribution in [-0.4, -0.2) is 29.3 Å². The smallest absolute Gasteiger partial charge is 0.226 e. The number of halogens is 1. The predicted molar refractivity (Wildman–Crippen MR) is 85.5 cm³/mol. The molecule has 1 aromatic carbocycles. The number of nitrogens with two attached hydrogens (primary N) is 1. The van der Waals surface area contributed by atoms with Gasteiger partial charge in [0.25, 0.3) is 0 Å². The topological polar surface area (TPSA) is 63.4 Å². The number of likely N-dealkylation sites (tertiary alicyclic amines) is 1. The average molecular weight is 321 g/mol. The number of hydrogen-bond acceptors (Lipinski definition) is 2. The van der Waals surface area contributed by atoms with E-state index in [2.05, 4.69) is 0 Å². The molecule has 2 fully saturated rings. The molecule has 1 aliphatic carbocycles. The van der Waals surface area contributed by atoms with Gasteiger partial charge in [0, 0.05) is 29.9 Å². The van der Waals surface area contributed by atoms with Crippen LogP contribution in [0, 0.1) is 5.92 Å². The summed E-state index contributed by atoms with van der Waals surface area (Å²) in [6, 6.07) is 7.70. The minimum absolute atomic E-state index is 0.00776. The first-order chi connectivity index (χ1) is 10.6. The fourth-order valence-corrected chi connectivity index (χ4v) is 3.81. The van der Waals surface area contributed by atoms with E-state index in [0.29, 0.717) is 0 Å². The highest BCUT2D eigenvalue weighted by Gasteiger charge is 2.47. The Balaban J connectivity index is 1.69. The fourth-order valence-electron chi connectivity index (χ4n) is 3.54. The summed E-state index contributed by atoms with van der Waals surface area (Å²) in [7, 11) is 0. The Morgan fingerprint density at radius 3 is 2.77 bits per heavy atom. The van der Waals surface area contributed by atoms with Crippen LogP contribution in [-0.2, 0) is 9.59 Å². The van der Waals surface area contributed by atoms with Crippen LogP contribution in [0.2, 0.25) is 5.02 Å². The van der Waals surface area contributed by atoms with E-state index in [1.165, 1.54) is 0 Å². The van der Waals surface area contributed by atoms with E-state index >= 15 is 0 Å². The second-order valence-corrected chi connectivity index (χ2v) is 6.73. The maximum atomic E-state index is 12.8. The van der Waals surface area contributed by atoms with Crippen molar-refractivity contribution >= 4 is 23.4 Å². The lowest BCUT2D eigenvalue weighted by Gasteiger charge is -2.35. The Hall–Kier alpha value is -1.55. The van der Waals surface area contributed by atoms with Gasteiger partial charge in [-0.25, -0.2) is 0 Å². The molecule has 22 heavy (non-hydrogen) atoms. The number of rotatable bonds is 4. The van der Waals surface area contributed by atoms with Gasteiger partial charge in [-0.05, 0) is 43.2 Å². The van der Waals surface area contributed by atoms with Crippen LogP contribution in [0.15, 0.2) is 24.3 Å². The SMILES string of the molecule is NC(=O)C[C@@H]1CCCCN1C(=O)[C@H]1C[C@H]1c1ccccc1Cl. The van der Waals surface area contributed by atoms with Gasteiger partial charge in [-0.2, -0.15) is 0 Å². The zero-order chi connectivity index (χ0) is 15.7. The lowest BCUT2D eigenvalue weighted by Crippen LogP contribution is -2.46. The molecule has 0 bridgehead atoms. The number of benzene rings is 1. The third-order valence-electron chi connectivity index (χ3n) is 4.76. The number of hydrogen-bond donors (Lipinski definition) is 1. The number of carbonyl (C=O) groups excluding carboxylic acids is 2. The van der Waals surface area contributed by atoms with Crippen molar-refractivity contribution < 1.29 is 9.59 Å². The van der Waals surface area contributed by atoms with Crippen LogP contribution >= 0.6 is 11.6 Å². The average Bonchev–Trinajstić information content (AvgIpc) is 3.27. The van der Waals surface area contributed by atoms with Crippen molar-refractivity contribution in [3.05, 3.63) is 34.9 Å². The number of carbonyl (C=O) groups is 2. The van der Waals surface area contributed by atoms with Crippen molar-refractivity contribution in [1.29, 1.82) is 0 Å². The molecular formula is C17H21ClN2O2. The third kappa shape index (κ3) is 3.12. The highest BCUT2D eigenvalue weighted by molar-refractivity contribution is 6.31. The molecule has 1 aliphatic heterocycles. The molecule has 0 unspecified atom stereocenters. The minimum Gasteiger partial charge on any atom is -0.370 e. The molecule has 2 aliphatic rings. The van der Waals surface area contributed by atoms with E-state index in [-0.39, 0.29) is 36.1 Å². The number of primary amides is 1. The molecule has 2 amide bonds. The van der Waals surface area contributed by atoms with E-state index in [0.717, 1.165) is 42.8 Å². The van der Waals surface area contributed by atoms with E-state index in [4.69, 9.17) is 17.3 Å². The van der Waals surface area contributed by atoms with Gasteiger partial charge in [-0.15, -0.1) is 0 Å². The van der Waals surface area contributed by atoms with Crippen molar-refractivity contribution in [1.82, 2.24) is 4.90 Å².